The zero-order chi connectivity index (χ0) is 20.3. The summed E-state index contributed by atoms with van der Waals surface area (Å²) < 4.78 is 45.5. The van der Waals surface area contributed by atoms with Crippen LogP contribution in [0, 0.1) is 0 Å². The first-order chi connectivity index (χ1) is 13.3. The third-order valence-electron chi connectivity index (χ3n) is 4.42. The molecule has 1 saturated heterocycles. The third-order valence-corrected chi connectivity index (χ3v) is 4.42. The number of nitrogens with zero attached hydrogens (tertiary/aromatic N) is 5. The van der Waals surface area contributed by atoms with Crippen molar-refractivity contribution < 1.29 is 22.4 Å². The summed E-state index contributed by atoms with van der Waals surface area (Å²) in [6.07, 6.45) is -1.73. The highest BCUT2D eigenvalue weighted by atomic mass is 127. The van der Waals surface area contributed by atoms with Crippen LogP contribution in [0.5, 0.6) is 0 Å². The quantitative estimate of drug-likeness (QED) is 0.377. The van der Waals surface area contributed by atoms with Gasteiger partial charge >= 0.3 is 6.18 Å². The lowest BCUT2D eigenvalue weighted by Gasteiger charge is -2.36. The van der Waals surface area contributed by atoms with Crippen LogP contribution in [-0.4, -0.2) is 64.7 Å². The molecule has 1 aliphatic rings. The topological polar surface area (TPSA) is 78.9 Å². The fourth-order valence-corrected chi connectivity index (χ4v) is 3.09. The number of aliphatic imine (C=N–C) groups is 1. The number of hydrogen-bond donors (Lipinski definition) is 1. The van der Waals surface area contributed by atoms with Gasteiger partial charge < -0.3 is 19.5 Å². The molecule has 0 aliphatic carbocycles. The van der Waals surface area contributed by atoms with Crippen LogP contribution in [0.2, 0.25) is 0 Å². The van der Waals surface area contributed by atoms with Crippen LogP contribution in [-0.2, 0) is 19.8 Å². The molecule has 3 rings (SSSR count). The first-order valence-corrected chi connectivity index (χ1v) is 8.67. The van der Waals surface area contributed by atoms with Gasteiger partial charge in [-0.25, -0.2) is 0 Å². The average Bonchev–Trinajstić information content (AvgIpc) is 3.31. The van der Waals surface area contributed by atoms with Gasteiger partial charge in [0.05, 0.1) is 6.26 Å². The molecular weight excluding hydrogens is 504 g/mol. The largest absolute Gasteiger partial charge is 0.459 e. The van der Waals surface area contributed by atoms with Crippen molar-refractivity contribution in [3.8, 4) is 0 Å². The van der Waals surface area contributed by atoms with Crippen molar-refractivity contribution in [1.82, 2.24) is 24.9 Å². The van der Waals surface area contributed by atoms with E-state index in [9.17, 15) is 18.0 Å². The molecule has 0 spiro atoms. The molecule has 29 heavy (non-hydrogen) atoms. The van der Waals surface area contributed by atoms with Crippen molar-refractivity contribution in [3.63, 3.8) is 0 Å². The van der Waals surface area contributed by atoms with Gasteiger partial charge in [0.2, 0.25) is 0 Å². The molecule has 1 fully saturated rings. The fraction of sp³-hybridized carbons (Fsp3) is 0.471. The molecule has 160 valence electrons. The number of alkyl halides is 3. The summed E-state index contributed by atoms with van der Waals surface area (Å²) in [4.78, 5) is 20.0. The van der Waals surface area contributed by atoms with E-state index in [-0.39, 0.29) is 47.8 Å². The number of aromatic nitrogens is 2. The zero-order valence-corrected chi connectivity index (χ0v) is 18.3. The van der Waals surface area contributed by atoms with E-state index in [2.05, 4.69) is 15.4 Å². The number of carbonyl (C=O) groups is 1. The molecule has 0 aromatic carbocycles. The van der Waals surface area contributed by atoms with Gasteiger partial charge in [-0.3, -0.25) is 14.5 Å². The van der Waals surface area contributed by atoms with Crippen molar-refractivity contribution >= 4 is 35.8 Å². The number of nitrogens with one attached hydrogen (secondary N) is 1. The third kappa shape index (κ3) is 5.42. The van der Waals surface area contributed by atoms with Crippen LogP contribution >= 0.6 is 24.0 Å². The lowest BCUT2D eigenvalue weighted by Crippen LogP contribution is -2.53. The number of guanidine groups is 1. The second-order valence-electron chi connectivity index (χ2n) is 6.33. The van der Waals surface area contributed by atoms with E-state index >= 15 is 0 Å². The lowest BCUT2D eigenvalue weighted by atomic mass is 10.2. The van der Waals surface area contributed by atoms with Crippen LogP contribution in [0.15, 0.2) is 34.0 Å². The molecule has 2 aromatic rings. The minimum absolute atomic E-state index is 0. The van der Waals surface area contributed by atoms with E-state index in [0.29, 0.717) is 32.1 Å². The van der Waals surface area contributed by atoms with Crippen LogP contribution in [0.3, 0.4) is 0 Å². The molecule has 0 atom stereocenters. The summed E-state index contributed by atoms with van der Waals surface area (Å²) in [7, 11) is 3.01. The number of carbonyl (C=O) groups excluding carboxylic acids is 1. The highest BCUT2D eigenvalue weighted by Crippen LogP contribution is 2.30. The van der Waals surface area contributed by atoms with Gasteiger partial charge in [0.1, 0.15) is 0 Å². The minimum Gasteiger partial charge on any atom is -0.459 e. The minimum atomic E-state index is -4.51. The number of amides is 1. The summed E-state index contributed by atoms with van der Waals surface area (Å²) in [6, 6.07) is 3.27. The Morgan fingerprint density at radius 3 is 2.48 bits per heavy atom. The summed E-state index contributed by atoms with van der Waals surface area (Å²) in [5.41, 5.74) is -0.866. The first kappa shape index (κ1) is 23.0. The smallest absolute Gasteiger partial charge is 0.435 e. The Labute approximate surface area is 182 Å². The highest BCUT2D eigenvalue weighted by Gasteiger charge is 2.37. The van der Waals surface area contributed by atoms with Crippen molar-refractivity contribution in [1.29, 1.82) is 0 Å². The number of hydrogen-bond acceptors (Lipinski definition) is 4. The Balaban J connectivity index is 0.00000300. The molecule has 1 N–H and O–H groups in total. The predicted molar refractivity (Wildman–Crippen MR) is 110 cm³/mol. The molecule has 8 nitrogen and oxygen atoms in total. The average molecular weight is 526 g/mol. The van der Waals surface area contributed by atoms with Crippen molar-refractivity contribution in [2.24, 2.45) is 12.0 Å². The molecule has 12 heteroatoms. The molecule has 0 bridgehead atoms. The van der Waals surface area contributed by atoms with E-state index in [4.69, 9.17) is 4.42 Å². The monoisotopic (exact) mass is 526 g/mol. The second kappa shape index (κ2) is 9.50. The summed E-state index contributed by atoms with van der Waals surface area (Å²) >= 11 is 0. The number of piperazine rings is 1. The molecule has 2 aromatic heterocycles. The van der Waals surface area contributed by atoms with Gasteiger partial charge in [0.25, 0.3) is 5.91 Å². The maximum absolute atomic E-state index is 13.1. The first-order valence-electron chi connectivity index (χ1n) is 8.67. The van der Waals surface area contributed by atoms with E-state index in [0.717, 1.165) is 4.68 Å². The summed E-state index contributed by atoms with van der Waals surface area (Å²) in [5, 5.41) is 6.45. The number of rotatable bonds is 3. The van der Waals surface area contributed by atoms with Gasteiger partial charge in [-0.15, -0.1) is 24.0 Å². The van der Waals surface area contributed by atoms with E-state index in [1.165, 1.54) is 19.5 Å². The fourth-order valence-electron chi connectivity index (χ4n) is 3.09. The van der Waals surface area contributed by atoms with Crippen molar-refractivity contribution in [2.45, 2.75) is 12.7 Å². The van der Waals surface area contributed by atoms with Gasteiger partial charge in [-0.1, -0.05) is 0 Å². The lowest BCUT2D eigenvalue weighted by molar-refractivity contribution is -0.142. The standard InChI is InChI=1S/C17H21F3N6O2.HI/c1-21-16(22-10-12-11-24(2)23-14(12)17(18,19)20)26-7-5-25(6-8-26)15(27)13-4-3-9-28-13;/h3-4,9,11H,5-8,10H2,1-2H3,(H,21,22);1H. The molecule has 0 unspecified atom stereocenters. The molecular formula is C17H22F3IN6O2. The van der Waals surface area contributed by atoms with E-state index < -0.39 is 11.9 Å². The summed E-state index contributed by atoms with van der Waals surface area (Å²) in [6.45, 7) is 1.87. The number of halogens is 4. The van der Waals surface area contributed by atoms with Crippen LogP contribution in [0.1, 0.15) is 21.8 Å². The van der Waals surface area contributed by atoms with Gasteiger partial charge in [0, 0.05) is 58.6 Å². The highest BCUT2D eigenvalue weighted by molar-refractivity contribution is 14.0. The normalized spacial score (nSPS) is 15.3. The van der Waals surface area contributed by atoms with Gasteiger partial charge in [0.15, 0.2) is 17.4 Å². The molecule has 0 saturated carbocycles. The Bertz CT molecular complexity index is 842. The molecule has 3 heterocycles. The van der Waals surface area contributed by atoms with Crippen LogP contribution < -0.4 is 5.32 Å². The van der Waals surface area contributed by atoms with Crippen molar-refractivity contribution in [2.75, 3.05) is 33.2 Å². The van der Waals surface area contributed by atoms with Crippen LogP contribution in [0.4, 0.5) is 13.2 Å². The van der Waals surface area contributed by atoms with Crippen molar-refractivity contribution in [3.05, 3.63) is 41.6 Å². The maximum atomic E-state index is 13.1. The number of furan rings is 1. The summed E-state index contributed by atoms with van der Waals surface area (Å²) in [5.74, 6) is 0.576. The van der Waals surface area contributed by atoms with Gasteiger partial charge in [-0.2, -0.15) is 18.3 Å². The molecule has 1 amide bonds. The van der Waals surface area contributed by atoms with E-state index in [1.54, 1.807) is 24.1 Å². The Hall–Kier alpha value is -2.25. The number of aryl methyl sites for hydroxylation is 1. The molecule has 0 radical (unpaired) electrons. The Morgan fingerprint density at radius 1 is 1.28 bits per heavy atom. The predicted octanol–water partition coefficient (Wildman–Crippen LogP) is 2.18. The maximum Gasteiger partial charge on any atom is 0.435 e. The van der Waals surface area contributed by atoms with Gasteiger partial charge in [-0.05, 0) is 12.1 Å². The SMILES string of the molecule is CN=C(NCc1cn(C)nc1C(F)(F)F)N1CCN(C(=O)c2ccco2)CC1.I. The zero-order valence-electron chi connectivity index (χ0n) is 15.9. The molecule has 1 aliphatic heterocycles. The Morgan fingerprint density at radius 2 is 1.93 bits per heavy atom. The Kier molecular flexibility index (Phi) is 7.54. The second-order valence-corrected chi connectivity index (χ2v) is 6.33. The van der Waals surface area contributed by atoms with E-state index in [1.807, 2.05) is 4.90 Å². The van der Waals surface area contributed by atoms with Crippen LogP contribution in [0.25, 0.3) is 0 Å².